The number of fused-ring (bicyclic) bond motifs is 3. The molecule has 1 saturated carbocycles. The summed E-state index contributed by atoms with van der Waals surface area (Å²) in [5.41, 5.74) is 1.38. The summed E-state index contributed by atoms with van der Waals surface area (Å²) in [5.74, 6) is -2.38. The fourth-order valence-corrected chi connectivity index (χ4v) is 7.89. The van der Waals surface area contributed by atoms with Gasteiger partial charge in [-0.2, -0.15) is 0 Å². The van der Waals surface area contributed by atoms with Crippen molar-refractivity contribution in [2.24, 2.45) is 11.8 Å². The van der Waals surface area contributed by atoms with Gasteiger partial charge in [0.1, 0.15) is 11.4 Å². The molecular weight excluding hydrogens is 590 g/mol. The lowest BCUT2D eigenvalue weighted by Crippen LogP contribution is -2.54. The SMILES string of the molecule is CN(C)C(=O)c1ccc(N2CC[C@H]3[C@@H](C2=O)[C@H](c2cccc(Cl)c2F)[C@]2(C(=O)Nc4cc(Cl)ccc42)N3CC2CC2)cc1. The summed E-state index contributed by atoms with van der Waals surface area (Å²) in [6.07, 6.45) is 2.69. The van der Waals surface area contributed by atoms with Crippen LogP contribution in [-0.4, -0.2) is 60.7 Å². The maximum Gasteiger partial charge on any atom is 0.253 e. The summed E-state index contributed by atoms with van der Waals surface area (Å²) in [5, 5.41) is 3.46. The molecule has 10 heteroatoms. The number of likely N-dealkylation sites (tertiary alicyclic amines) is 1. The normalized spacial score (nSPS) is 26.4. The van der Waals surface area contributed by atoms with E-state index >= 15 is 4.39 Å². The fraction of sp³-hybridized carbons (Fsp3) is 0.364. The van der Waals surface area contributed by atoms with Crippen LogP contribution in [0.2, 0.25) is 10.0 Å². The Kier molecular flexibility index (Phi) is 6.80. The van der Waals surface area contributed by atoms with E-state index in [0.717, 1.165) is 12.8 Å². The standard InChI is InChI=1S/C33H31Cl2FN4O3/c1-38(2)30(41)19-8-11-21(12-9-19)39-15-14-26-27(31(39)42)28(22-4-3-5-24(35)29(22)36)33(40(26)17-18-6-7-18)23-13-10-20(34)16-25(23)37-32(33)43/h3-5,8-13,16,18,26-28H,6-7,14-15,17H2,1-2H3,(H,37,43)/t26-,27+,28-,33+/m0/s1. The van der Waals surface area contributed by atoms with E-state index in [2.05, 4.69) is 10.2 Å². The average Bonchev–Trinajstić information content (AvgIpc) is 3.70. The van der Waals surface area contributed by atoms with E-state index < -0.39 is 23.2 Å². The van der Waals surface area contributed by atoms with E-state index in [1.54, 1.807) is 67.5 Å². The first-order chi connectivity index (χ1) is 20.6. The van der Waals surface area contributed by atoms with E-state index in [1.165, 1.54) is 11.0 Å². The predicted octanol–water partition coefficient (Wildman–Crippen LogP) is 5.91. The zero-order valence-corrected chi connectivity index (χ0v) is 25.3. The Morgan fingerprint density at radius 3 is 2.49 bits per heavy atom. The van der Waals surface area contributed by atoms with Crippen molar-refractivity contribution in [1.29, 1.82) is 0 Å². The molecule has 3 aliphatic heterocycles. The van der Waals surface area contributed by atoms with E-state index in [9.17, 15) is 14.4 Å². The zero-order chi connectivity index (χ0) is 30.2. The number of amides is 3. The third kappa shape index (κ3) is 4.29. The van der Waals surface area contributed by atoms with Gasteiger partial charge < -0.3 is 15.1 Å². The monoisotopic (exact) mass is 620 g/mol. The molecule has 7 nitrogen and oxygen atoms in total. The van der Waals surface area contributed by atoms with Gasteiger partial charge >= 0.3 is 0 Å². The van der Waals surface area contributed by atoms with E-state index in [1.807, 2.05) is 6.07 Å². The van der Waals surface area contributed by atoms with Gasteiger partial charge in [0, 0.05) is 66.7 Å². The molecule has 3 aromatic rings. The van der Waals surface area contributed by atoms with Crippen molar-refractivity contribution < 1.29 is 18.8 Å². The Balaban J connectivity index is 1.39. The van der Waals surface area contributed by atoms with Crippen molar-refractivity contribution in [3.05, 3.63) is 93.2 Å². The molecule has 0 unspecified atom stereocenters. The number of rotatable bonds is 5. The zero-order valence-electron chi connectivity index (χ0n) is 23.8. The molecule has 0 radical (unpaired) electrons. The van der Waals surface area contributed by atoms with Crippen LogP contribution in [0.3, 0.4) is 0 Å². The molecule has 0 bridgehead atoms. The first-order valence-electron chi connectivity index (χ1n) is 14.6. The lowest BCUT2D eigenvalue weighted by Gasteiger charge is -2.40. The molecule has 3 amide bonds. The molecule has 1 aliphatic carbocycles. The molecule has 4 atom stereocenters. The topological polar surface area (TPSA) is 73.0 Å². The molecule has 1 spiro atoms. The quantitative estimate of drug-likeness (QED) is 0.385. The molecule has 222 valence electrons. The van der Waals surface area contributed by atoms with Gasteiger partial charge in [-0.05, 0) is 73.2 Å². The van der Waals surface area contributed by atoms with E-state index in [0.29, 0.717) is 53.0 Å². The van der Waals surface area contributed by atoms with Gasteiger partial charge in [0.05, 0.1) is 10.9 Å². The molecule has 43 heavy (non-hydrogen) atoms. The van der Waals surface area contributed by atoms with Crippen molar-refractivity contribution in [3.63, 3.8) is 0 Å². The summed E-state index contributed by atoms with van der Waals surface area (Å²) in [7, 11) is 3.38. The third-order valence-electron chi connectivity index (χ3n) is 9.56. The van der Waals surface area contributed by atoms with Crippen LogP contribution in [0, 0.1) is 17.7 Å². The van der Waals surface area contributed by atoms with Gasteiger partial charge in [0.2, 0.25) is 11.8 Å². The lowest BCUT2D eigenvalue weighted by molar-refractivity contribution is -0.128. The number of hydrogen-bond donors (Lipinski definition) is 1. The Morgan fingerprint density at radius 1 is 1.05 bits per heavy atom. The van der Waals surface area contributed by atoms with Gasteiger partial charge in [0.25, 0.3) is 5.91 Å². The number of hydrogen-bond acceptors (Lipinski definition) is 4. The van der Waals surface area contributed by atoms with Gasteiger partial charge in [-0.1, -0.05) is 41.4 Å². The number of anilines is 2. The highest BCUT2D eigenvalue weighted by molar-refractivity contribution is 6.31. The van der Waals surface area contributed by atoms with Gasteiger partial charge in [-0.3, -0.25) is 19.3 Å². The van der Waals surface area contributed by atoms with Gasteiger partial charge in [0.15, 0.2) is 0 Å². The Bertz CT molecular complexity index is 1660. The maximum atomic E-state index is 16.1. The van der Waals surface area contributed by atoms with Crippen LogP contribution >= 0.6 is 23.2 Å². The van der Waals surface area contributed by atoms with Crippen LogP contribution in [-0.2, 0) is 15.1 Å². The minimum absolute atomic E-state index is 0.0548. The van der Waals surface area contributed by atoms with E-state index in [4.69, 9.17) is 23.2 Å². The minimum atomic E-state index is -1.32. The highest BCUT2D eigenvalue weighted by atomic mass is 35.5. The first-order valence-corrected chi connectivity index (χ1v) is 15.3. The van der Waals surface area contributed by atoms with E-state index in [-0.39, 0.29) is 34.3 Å². The second kappa shape index (κ2) is 10.3. The summed E-state index contributed by atoms with van der Waals surface area (Å²) < 4.78 is 16.1. The summed E-state index contributed by atoms with van der Waals surface area (Å²) in [6.45, 7) is 1.06. The number of benzene rings is 3. The number of halogens is 3. The molecule has 3 aromatic carbocycles. The molecule has 1 N–H and O–H groups in total. The highest BCUT2D eigenvalue weighted by Gasteiger charge is 2.70. The van der Waals surface area contributed by atoms with Crippen LogP contribution in [0.4, 0.5) is 15.8 Å². The number of nitrogens with zero attached hydrogens (tertiary/aromatic N) is 3. The Hall–Kier alpha value is -3.46. The number of carbonyl (C=O) groups is 3. The van der Waals surface area contributed by atoms with Crippen molar-refractivity contribution in [1.82, 2.24) is 9.80 Å². The third-order valence-corrected chi connectivity index (χ3v) is 10.1. The van der Waals surface area contributed by atoms with Crippen LogP contribution < -0.4 is 10.2 Å². The number of carbonyl (C=O) groups excluding carboxylic acids is 3. The maximum absolute atomic E-state index is 16.1. The molecule has 3 fully saturated rings. The highest BCUT2D eigenvalue weighted by Crippen LogP contribution is 2.62. The Morgan fingerprint density at radius 2 is 1.79 bits per heavy atom. The molecular formula is C33H31Cl2FN4O3. The number of nitrogens with one attached hydrogen (secondary N) is 1. The van der Waals surface area contributed by atoms with Crippen LogP contribution in [0.25, 0.3) is 0 Å². The van der Waals surface area contributed by atoms with Crippen molar-refractivity contribution in [2.75, 3.05) is 37.4 Å². The summed E-state index contributed by atoms with van der Waals surface area (Å²) in [4.78, 5) is 47.0. The summed E-state index contributed by atoms with van der Waals surface area (Å²) in [6, 6.07) is 16.8. The minimum Gasteiger partial charge on any atom is -0.345 e. The van der Waals surface area contributed by atoms with Crippen molar-refractivity contribution in [3.8, 4) is 0 Å². The fourth-order valence-electron chi connectivity index (χ4n) is 7.53. The largest absolute Gasteiger partial charge is 0.345 e. The van der Waals surface area contributed by atoms with Crippen molar-refractivity contribution in [2.45, 2.75) is 36.8 Å². The number of piperidine rings is 1. The molecule has 0 aromatic heterocycles. The average molecular weight is 622 g/mol. The van der Waals surface area contributed by atoms with Crippen LogP contribution in [0.1, 0.15) is 46.7 Å². The molecule has 2 saturated heterocycles. The molecule has 3 heterocycles. The molecule has 4 aliphatic rings. The van der Waals surface area contributed by atoms with Gasteiger partial charge in [-0.25, -0.2) is 4.39 Å². The van der Waals surface area contributed by atoms with Crippen molar-refractivity contribution >= 4 is 52.3 Å². The Labute approximate surface area is 259 Å². The summed E-state index contributed by atoms with van der Waals surface area (Å²) >= 11 is 12.7. The second-order valence-corrected chi connectivity index (χ2v) is 13.1. The smallest absolute Gasteiger partial charge is 0.253 e. The second-order valence-electron chi connectivity index (χ2n) is 12.2. The lowest BCUT2D eigenvalue weighted by atomic mass is 9.70. The molecule has 7 rings (SSSR count). The van der Waals surface area contributed by atoms with Gasteiger partial charge in [-0.15, -0.1) is 0 Å². The predicted molar refractivity (Wildman–Crippen MR) is 164 cm³/mol. The van der Waals surface area contributed by atoms with Crippen LogP contribution in [0.5, 0.6) is 0 Å². The van der Waals surface area contributed by atoms with Crippen LogP contribution in [0.15, 0.2) is 60.7 Å². The first kappa shape index (κ1) is 28.3.